The Balaban J connectivity index is 1.25. The van der Waals surface area contributed by atoms with Gasteiger partial charge in [0, 0.05) is 11.6 Å². The van der Waals surface area contributed by atoms with Crippen molar-refractivity contribution in [1.29, 1.82) is 0 Å². The smallest absolute Gasteiger partial charge is 0.226 e. The van der Waals surface area contributed by atoms with Crippen molar-refractivity contribution in [2.24, 2.45) is 5.92 Å². The Kier molecular flexibility index (Phi) is 10.4. The third-order valence-electron chi connectivity index (χ3n) is 7.51. The van der Waals surface area contributed by atoms with Gasteiger partial charge in [-0.2, -0.15) is 0 Å². The fourth-order valence-corrected chi connectivity index (χ4v) is 5.10. The second-order valence-corrected chi connectivity index (χ2v) is 10.7. The molecule has 0 aromatic heterocycles. The molecule has 1 amide bonds. The van der Waals surface area contributed by atoms with Crippen molar-refractivity contribution >= 4 is 11.6 Å². The molecule has 0 saturated carbocycles. The lowest BCUT2D eigenvalue weighted by atomic mass is 9.89. The minimum atomic E-state index is -0.239. The average molecular weight is 533 g/mol. The first kappa shape index (κ1) is 28.6. The quantitative estimate of drug-likeness (QED) is 0.244. The van der Waals surface area contributed by atoms with Gasteiger partial charge in [0.25, 0.3) is 0 Å². The average Bonchev–Trinajstić information content (AvgIpc) is 2.96. The summed E-state index contributed by atoms with van der Waals surface area (Å²) in [6, 6.07) is 22.6. The van der Waals surface area contributed by atoms with Crippen LogP contribution in [0.25, 0.3) is 0 Å². The highest BCUT2D eigenvalue weighted by atomic mass is 19.1. The van der Waals surface area contributed by atoms with Crippen LogP contribution in [0.15, 0.2) is 72.8 Å². The number of rotatable bonds is 12. The molecule has 0 bridgehead atoms. The predicted molar refractivity (Wildman–Crippen MR) is 155 cm³/mol. The van der Waals surface area contributed by atoms with Gasteiger partial charge in [-0.05, 0) is 117 Å². The Morgan fingerprint density at radius 2 is 1.67 bits per heavy atom. The molecule has 0 spiro atoms. The summed E-state index contributed by atoms with van der Waals surface area (Å²) in [6.45, 7) is 7.04. The van der Waals surface area contributed by atoms with Gasteiger partial charge in [0.2, 0.25) is 5.91 Å². The van der Waals surface area contributed by atoms with Gasteiger partial charge in [-0.3, -0.25) is 4.79 Å². The molecule has 1 saturated heterocycles. The summed E-state index contributed by atoms with van der Waals surface area (Å²) in [6.07, 6.45) is 5.10. The maximum absolute atomic E-state index is 13.5. The molecule has 1 atom stereocenters. The number of piperidine rings is 1. The van der Waals surface area contributed by atoms with Gasteiger partial charge >= 0.3 is 0 Å². The van der Waals surface area contributed by atoms with Gasteiger partial charge < -0.3 is 19.7 Å². The van der Waals surface area contributed by atoms with E-state index >= 15 is 0 Å². The van der Waals surface area contributed by atoms with E-state index in [1.807, 2.05) is 62.4 Å². The van der Waals surface area contributed by atoms with Crippen molar-refractivity contribution in [2.45, 2.75) is 58.0 Å². The summed E-state index contributed by atoms with van der Waals surface area (Å²) >= 11 is 0. The number of nitrogens with zero attached hydrogens (tertiary/aromatic N) is 1. The number of amides is 1. The molecule has 3 aromatic carbocycles. The van der Waals surface area contributed by atoms with E-state index in [0.29, 0.717) is 5.92 Å². The number of halogens is 1. The number of nitrogens with one attached hydrogen (secondary N) is 1. The van der Waals surface area contributed by atoms with E-state index in [4.69, 9.17) is 9.47 Å². The van der Waals surface area contributed by atoms with Crippen LogP contribution in [0.4, 0.5) is 10.1 Å². The number of hydrogen-bond acceptors (Lipinski definition) is 4. The summed E-state index contributed by atoms with van der Waals surface area (Å²) in [7, 11) is 1.65. The first-order valence-corrected chi connectivity index (χ1v) is 14.1. The molecule has 1 fully saturated rings. The lowest BCUT2D eigenvalue weighted by Gasteiger charge is -2.32. The molecule has 5 nitrogen and oxygen atoms in total. The van der Waals surface area contributed by atoms with Crippen LogP contribution in [-0.4, -0.2) is 37.6 Å². The highest BCUT2D eigenvalue weighted by Crippen LogP contribution is 2.31. The molecule has 0 radical (unpaired) electrons. The molecular formula is C33H41FN2O3. The van der Waals surface area contributed by atoms with Crippen molar-refractivity contribution in [3.05, 3.63) is 89.7 Å². The minimum absolute atomic E-state index is 0.0307. The number of carbonyl (C=O) groups is 1. The van der Waals surface area contributed by atoms with Crippen molar-refractivity contribution in [1.82, 2.24) is 4.90 Å². The van der Waals surface area contributed by atoms with Crippen LogP contribution in [0.5, 0.6) is 11.5 Å². The van der Waals surface area contributed by atoms with Crippen molar-refractivity contribution in [3.63, 3.8) is 0 Å². The zero-order valence-electron chi connectivity index (χ0n) is 23.4. The van der Waals surface area contributed by atoms with E-state index < -0.39 is 0 Å². The van der Waals surface area contributed by atoms with Gasteiger partial charge in [-0.15, -0.1) is 0 Å². The van der Waals surface area contributed by atoms with Crippen LogP contribution in [0.1, 0.15) is 69.1 Å². The topological polar surface area (TPSA) is 50.8 Å². The highest BCUT2D eigenvalue weighted by Gasteiger charge is 2.21. The number of hydrogen-bond donors (Lipinski definition) is 1. The molecule has 4 rings (SSSR count). The maximum atomic E-state index is 13.5. The zero-order valence-corrected chi connectivity index (χ0v) is 23.4. The standard InChI is InChI=1S/C33H41FN2O3/c1-24(2)33(37)35-29-8-6-7-27(23-29)25-18-21-36(22-19-25)20-5-4-9-32(26-10-12-28(34)13-11-26)39-31-16-14-30(38-3)15-17-31/h6-8,10-17,23-25,32H,4-5,9,18-22H2,1-3H3,(H,35,37). The van der Waals surface area contributed by atoms with E-state index in [1.165, 1.54) is 17.7 Å². The summed E-state index contributed by atoms with van der Waals surface area (Å²) in [5.74, 6) is 1.88. The minimum Gasteiger partial charge on any atom is -0.497 e. The summed E-state index contributed by atoms with van der Waals surface area (Å²) in [4.78, 5) is 14.6. The third kappa shape index (κ3) is 8.56. The number of unbranched alkanes of at least 4 members (excludes halogenated alkanes) is 1. The molecule has 1 aliphatic heterocycles. The van der Waals surface area contributed by atoms with Gasteiger partial charge in [0.1, 0.15) is 23.4 Å². The van der Waals surface area contributed by atoms with Gasteiger partial charge in [0.15, 0.2) is 0 Å². The van der Waals surface area contributed by atoms with E-state index in [-0.39, 0.29) is 23.7 Å². The fraction of sp³-hybridized carbons (Fsp3) is 0.424. The van der Waals surface area contributed by atoms with E-state index in [9.17, 15) is 9.18 Å². The molecule has 3 aromatic rings. The number of carbonyl (C=O) groups excluding carboxylic acids is 1. The predicted octanol–water partition coefficient (Wildman–Crippen LogP) is 7.60. The summed E-state index contributed by atoms with van der Waals surface area (Å²) in [5, 5.41) is 3.02. The Morgan fingerprint density at radius 3 is 2.33 bits per heavy atom. The van der Waals surface area contributed by atoms with Crippen LogP contribution in [-0.2, 0) is 4.79 Å². The Morgan fingerprint density at radius 1 is 0.974 bits per heavy atom. The molecule has 6 heteroatoms. The monoisotopic (exact) mass is 532 g/mol. The van der Waals surface area contributed by atoms with Crippen molar-refractivity contribution < 1.29 is 18.7 Å². The van der Waals surface area contributed by atoms with Crippen molar-refractivity contribution in [2.75, 3.05) is 32.1 Å². The van der Waals surface area contributed by atoms with E-state index in [1.54, 1.807) is 7.11 Å². The van der Waals surface area contributed by atoms with Crippen LogP contribution in [0, 0.1) is 11.7 Å². The first-order chi connectivity index (χ1) is 18.9. The summed E-state index contributed by atoms with van der Waals surface area (Å²) < 4.78 is 25.1. The maximum Gasteiger partial charge on any atom is 0.226 e. The second kappa shape index (κ2) is 14.1. The molecule has 39 heavy (non-hydrogen) atoms. The number of benzene rings is 3. The number of methoxy groups -OCH3 is 1. The highest BCUT2D eigenvalue weighted by molar-refractivity contribution is 5.92. The van der Waals surface area contributed by atoms with Crippen LogP contribution in [0.2, 0.25) is 0 Å². The number of likely N-dealkylation sites (tertiary alicyclic amines) is 1. The molecular weight excluding hydrogens is 491 g/mol. The Bertz CT molecular complexity index is 1170. The molecule has 1 aliphatic rings. The molecule has 0 aliphatic carbocycles. The molecule has 208 valence electrons. The number of ether oxygens (including phenoxy) is 2. The lowest BCUT2D eigenvalue weighted by Crippen LogP contribution is -2.33. The molecule has 1 unspecified atom stereocenters. The second-order valence-electron chi connectivity index (χ2n) is 10.7. The van der Waals surface area contributed by atoms with Crippen LogP contribution >= 0.6 is 0 Å². The third-order valence-corrected chi connectivity index (χ3v) is 7.51. The Hall–Kier alpha value is -3.38. The fourth-order valence-electron chi connectivity index (χ4n) is 5.10. The molecule has 1 heterocycles. The lowest BCUT2D eigenvalue weighted by molar-refractivity contribution is -0.118. The first-order valence-electron chi connectivity index (χ1n) is 14.1. The van der Waals surface area contributed by atoms with Crippen LogP contribution in [0.3, 0.4) is 0 Å². The van der Waals surface area contributed by atoms with Gasteiger partial charge in [-0.1, -0.05) is 38.1 Å². The normalized spacial score (nSPS) is 15.2. The van der Waals surface area contributed by atoms with E-state index in [2.05, 4.69) is 22.3 Å². The number of anilines is 1. The van der Waals surface area contributed by atoms with Gasteiger partial charge in [0.05, 0.1) is 7.11 Å². The van der Waals surface area contributed by atoms with E-state index in [0.717, 1.165) is 74.5 Å². The summed E-state index contributed by atoms with van der Waals surface area (Å²) in [5.41, 5.74) is 3.19. The molecule has 1 N–H and O–H groups in total. The SMILES string of the molecule is COc1ccc(OC(CCCCN2CCC(c3cccc(NC(=O)C(C)C)c3)CC2)c2ccc(F)cc2)cc1. The van der Waals surface area contributed by atoms with Crippen molar-refractivity contribution in [3.8, 4) is 11.5 Å². The zero-order chi connectivity index (χ0) is 27.6. The van der Waals surface area contributed by atoms with Crippen LogP contribution < -0.4 is 14.8 Å². The Labute approximate surface area is 232 Å². The van der Waals surface area contributed by atoms with Gasteiger partial charge in [-0.25, -0.2) is 4.39 Å². The largest absolute Gasteiger partial charge is 0.497 e.